The summed E-state index contributed by atoms with van der Waals surface area (Å²) in [4.78, 5) is 30.5. The summed E-state index contributed by atoms with van der Waals surface area (Å²) in [5.74, 6) is 0.462. The van der Waals surface area contributed by atoms with Gasteiger partial charge >= 0.3 is 0 Å². The van der Waals surface area contributed by atoms with E-state index in [0.717, 1.165) is 91.3 Å². The van der Waals surface area contributed by atoms with Crippen molar-refractivity contribution in [2.24, 2.45) is 5.92 Å². The highest BCUT2D eigenvalue weighted by atomic mass is 16.1. The number of aromatic nitrogens is 5. The van der Waals surface area contributed by atoms with E-state index in [0.29, 0.717) is 18.0 Å². The van der Waals surface area contributed by atoms with Gasteiger partial charge in [0, 0.05) is 61.0 Å². The molecule has 2 fully saturated rings. The molecule has 4 aromatic heterocycles. The van der Waals surface area contributed by atoms with Crippen molar-refractivity contribution in [1.82, 2.24) is 35.4 Å². The zero-order chi connectivity index (χ0) is 27.8. The molecule has 0 saturated carbocycles. The highest BCUT2D eigenvalue weighted by Crippen LogP contribution is 2.34. The molecule has 210 valence electrons. The number of benzene rings is 1. The molecule has 0 bridgehead atoms. The molecule has 10 nitrogen and oxygen atoms in total. The monoisotopic (exact) mass is 549 g/mol. The van der Waals surface area contributed by atoms with E-state index in [-0.39, 0.29) is 5.91 Å². The second-order valence-electron chi connectivity index (χ2n) is 11.3. The van der Waals surface area contributed by atoms with Gasteiger partial charge in [-0.1, -0.05) is 6.07 Å². The number of piperazine rings is 1. The normalized spacial score (nSPS) is 17.0. The van der Waals surface area contributed by atoms with E-state index in [1.165, 1.54) is 11.1 Å². The molecule has 2 aliphatic rings. The van der Waals surface area contributed by atoms with Crippen LogP contribution in [0.25, 0.3) is 44.6 Å². The van der Waals surface area contributed by atoms with Crippen LogP contribution in [0, 0.1) is 5.92 Å². The molecule has 4 N–H and O–H groups in total. The Morgan fingerprint density at radius 2 is 1.88 bits per heavy atom. The molecule has 0 spiro atoms. The maximum atomic E-state index is 12.7. The summed E-state index contributed by atoms with van der Waals surface area (Å²) >= 11 is 0. The first-order valence-electron chi connectivity index (χ1n) is 14.5. The Morgan fingerprint density at radius 3 is 2.73 bits per heavy atom. The van der Waals surface area contributed by atoms with E-state index in [9.17, 15) is 4.79 Å². The van der Waals surface area contributed by atoms with E-state index in [4.69, 9.17) is 4.98 Å². The van der Waals surface area contributed by atoms with Crippen LogP contribution in [0.1, 0.15) is 19.3 Å². The molecule has 10 heteroatoms. The van der Waals surface area contributed by atoms with E-state index in [1.54, 1.807) is 12.4 Å². The summed E-state index contributed by atoms with van der Waals surface area (Å²) < 4.78 is 0. The van der Waals surface area contributed by atoms with Gasteiger partial charge in [-0.3, -0.25) is 14.9 Å². The fraction of sp³-hybridized carbons (Fsp3) is 0.355. The van der Waals surface area contributed by atoms with Crippen molar-refractivity contribution in [3.05, 3.63) is 54.9 Å². The van der Waals surface area contributed by atoms with Crippen LogP contribution in [0.5, 0.6) is 0 Å². The van der Waals surface area contributed by atoms with Gasteiger partial charge in [-0.2, -0.15) is 5.10 Å². The molecular formula is C31H35N9O. The van der Waals surface area contributed by atoms with E-state index in [1.807, 2.05) is 18.2 Å². The van der Waals surface area contributed by atoms with Crippen LogP contribution < -0.4 is 15.5 Å². The quantitative estimate of drug-likeness (QED) is 0.250. The van der Waals surface area contributed by atoms with Crippen molar-refractivity contribution in [3.8, 4) is 22.6 Å². The third kappa shape index (κ3) is 5.28. The summed E-state index contributed by atoms with van der Waals surface area (Å²) in [5.41, 5.74) is 7.98. The fourth-order valence-corrected chi connectivity index (χ4v) is 6.05. The summed E-state index contributed by atoms with van der Waals surface area (Å²) in [6.45, 7) is 6.10. The van der Waals surface area contributed by atoms with Crippen molar-refractivity contribution < 1.29 is 4.79 Å². The predicted molar refractivity (Wildman–Crippen MR) is 163 cm³/mol. The summed E-state index contributed by atoms with van der Waals surface area (Å²) in [5, 5.41) is 15.4. The number of anilines is 2. The molecule has 1 amide bonds. The third-order valence-corrected chi connectivity index (χ3v) is 8.40. The maximum Gasteiger partial charge on any atom is 0.224 e. The van der Waals surface area contributed by atoms with Crippen molar-refractivity contribution in [2.45, 2.75) is 19.3 Å². The Hall–Kier alpha value is -4.28. The van der Waals surface area contributed by atoms with Crippen molar-refractivity contribution in [1.29, 1.82) is 0 Å². The number of piperidine rings is 1. The first-order valence-corrected chi connectivity index (χ1v) is 14.5. The molecule has 2 saturated heterocycles. The Kier molecular flexibility index (Phi) is 6.85. The van der Waals surface area contributed by atoms with Gasteiger partial charge in [0.15, 0.2) is 0 Å². The number of carbonyl (C=O) groups excluding carboxylic acids is 1. The first kappa shape index (κ1) is 25.7. The third-order valence-electron chi connectivity index (χ3n) is 8.40. The van der Waals surface area contributed by atoms with Crippen LogP contribution in [-0.4, -0.2) is 82.3 Å². The largest absolute Gasteiger partial charge is 0.368 e. The Labute approximate surface area is 238 Å². The molecular weight excluding hydrogens is 514 g/mol. The number of amides is 1. The van der Waals surface area contributed by atoms with Crippen LogP contribution in [0.15, 0.2) is 54.9 Å². The second-order valence-corrected chi connectivity index (χ2v) is 11.3. The number of pyridine rings is 2. The van der Waals surface area contributed by atoms with Gasteiger partial charge in [-0.05, 0) is 75.3 Å². The minimum atomic E-state index is 0.0335. The van der Waals surface area contributed by atoms with Crippen molar-refractivity contribution in [3.63, 3.8) is 0 Å². The molecule has 6 heterocycles. The molecule has 0 atom stereocenters. The van der Waals surface area contributed by atoms with E-state index < -0.39 is 0 Å². The minimum absolute atomic E-state index is 0.0335. The van der Waals surface area contributed by atoms with Crippen molar-refractivity contribution in [2.75, 3.05) is 56.5 Å². The number of fused-ring (bicyclic) bond motifs is 2. The first-order chi connectivity index (χ1) is 20.1. The van der Waals surface area contributed by atoms with Crippen LogP contribution in [-0.2, 0) is 4.79 Å². The van der Waals surface area contributed by atoms with E-state index in [2.05, 4.69) is 71.9 Å². The predicted octanol–water partition coefficient (Wildman–Crippen LogP) is 4.25. The fourth-order valence-electron chi connectivity index (χ4n) is 6.05. The highest BCUT2D eigenvalue weighted by molar-refractivity contribution is 5.99. The molecule has 0 unspecified atom stereocenters. The minimum Gasteiger partial charge on any atom is -0.368 e. The highest BCUT2D eigenvalue weighted by Gasteiger charge is 2.20. The molecule has 7 rings (SSSR count). The van der Waals surface area contributed by atoms with Gasteiger partial charge in [0.25, 0.3) is 0 Å². The molecule has 41 heavy (non-hydrogen) atoms. The Balaban J connectivity index is 1.16. The Morgan fingerprint density at radius 1 is 1.02 bits per heavy atom. The van der Waals surface area contributed by atoms with E-state index >= 15 is 0 Å². The van der Waals surface area contributed by atoms with Crippen molar-refractivity contribution >= 4 is 39.2 Å². The Bertz CT molecular complexity index is 1690. The number of carbonyl (C=O) groups is 1. The van der Waals surface area contributed by atoms with Crippen LogP contribution >= 0.6 is 0 Å². The van der Waals surface area contributed by atoms with Gasteiger partial charge in [0.05, 0.1) is 28.8 Å². The molecule has 0 aliphatic carbocycles. The number of nitrogens with zero attached hydrogens (tertiary/aromatic N) is 5. The number of nitrogens with one attached hydrogen (secondary N) is 4. The van der Waals surface area contributed by atoms with Gasteiger partial charge in [0.2, 0.25) is 5.91 Å². The van der Waals surface area contributed by atoms with Crippen LogP contribution in [0.3, 0.4) is 0 Å². The smallest absolute Gasteiger partial charge is 0.224 e. The van der Waals surface area contributed by atoms with Gasteiger partial charge in [-0.25, -0.2) is 4.98 Å². The number of hydrogen-bond acceptors (Lipinski definition) is 7. The molecule has 1 aromatic carbocycles. The van der Waals surface area contributed by atoms with Gasteiger partial charge in [-0.15, -0.1) is 0 Å². The second kappa shape index (κ2) is 10.9. The lowest BCUT2D eigenvalue weighted by atomic mass is 9.94. The lowest BCUT2D eigenvalue weighted by Crippen LogP contribution is -2.44. The number of hydrogen-bond donors (Lipinski definition) is 4. The topological polar surface area (TPSA) is 118 Å². The number of aromatic amines is 2. The molecule has 2 aliphatic heterocycles. The summed E-state index contributed by atoms with van der Waals surface area (Å²) in [6.07, 6.45) is 6.08. The summed E-state index contributed by atoms with van der Waals surface area (Å²) in [6, 6.07) is 14.5. The van der Waals surface area contributed by atoms with Crippen LogP contribution in [0.2, 0.25) is 0 Å². The van der Waals surface area contributed by atoms with Gasteiger partial charge in [0.1, 0.15) is 11.2 Å². The summed E-state index contributed by atoms with van der Waals surface area (Å²) in [7, 11) is 2.18. The number of H-pyrrole nitrogens is 2. The average Bonchev–Trinajstić information content (AvgIpc) is 3.62. The number of rotatable bonds is 6. The molecule has 0 radical (unpaired) electrons. The van der Waals surface area contributed by atoms with Crippen LogP contribution in [0.4, 0.5) is 11.4 Å². The maximum absolute atomic E-state index is 12.7. The zero-order valence-electron chi connectivity index (χ0n) is 23.3. The van der Waals surface area contributed by atoms with Gasteiger partial charge < -0.3 is 25.4 Å². The lowest BCUT2D eigenvalue weighted by Gasteiger charge is -2.34. The SMILES string of the molecule is CN1CCN(c2cccc3[nH]c(-c4n[nH]c5ccc(-c6cncc(NC(=O)CC7CCNCC7)c6)nc45)cc23)CC1. The number of likely N-dealkylation sites (N-methyl/N-ethyl adjacent to an activating group) is 1. The lowest BCUT2D eigenvalue weighted by molar-refractivity contribution is -0.117. The molecule has 5 aromatic rings. The average molecular weight is 550 g/mol. The zero-order valence-corrected chi connectivity index (χ0v) is 23.3. The standard InChI is InChI=1S/C31H35N9O/c1-39-11-13-40(14-12-39)28-4-2-3-25-23(28)17-27(35-25)31-30-26(37-38-31)6-5-24(36-30)21-16-22(19-33-18-21)34-29(41)15-20-7-9-32-10-8-20/h2-6,16-20,32,35H,7-15H2,1H3,(H,34,41)(H,37,38).